The molecule has 0 unspecified atom stereocenters. The normalized spacial score (nSPS) is 16.0. The molecule has 0 aromatic carbocycles. The number of amides is 1. The molecule has 0 bridgehead atoms. The molecule has 0 saturated heterocycles. The molecule has 1 fully saturated rings. The summed E-state index contributed by atoms with van der Waals surface area (Å²) in [4.78, 5) is 15.4. The topological polar surface area (TPSA) is 42.0 Å². The Hall–Kier alpha value is -1.38. The van der Waals surface area contributed by atoms with Crippen LogP contribution in [0.3, 0.4) is 0 Å². The van der Waals surface area contributed by atoms with E-state index in [9.17, 15) is 4.79 Å². The van der Waals surface area contributed by atoms with Crippen LogP contribution in [0, 0.1) is 5.92 Å². The Labute approximate surface area is 83.5 Å². The average Bonchev–Trinajstić information content (AvgIpc) is 2.16. The molecule has 1 aromatic heterocycles. The van der Waals surface area contributed by atoms with Crippen LogP contribution in [0.5, 0.6) is 0 Å². The standard InChI is InChI=1S/C11H14N2O/c14-11(10-4-6-12-7-5-10)13-8-9-2-1-3-9/h4-7,9H,1-3,8H2,(H,13,14). The van der Waals surface area contributed by atoms with Gasteiger partial charge < -0.3 is 5.32 Å². The predicted molar refractivity (Wildman–Crippen MR) is 53.9 cm³/mol. The second-order valence-electron chi connectivity index (χ2n) is 3.74. The van der Waals surface area contributed by atoms with Crippen molar-refractivity contribution in [3.8, 4) is 0 Å². The van der Waals surface area contributed by atoms with Crippen molar-refractivity contribution in [3.05, 3.63) is 30.1 Å². The van der Waals surface area contributed by atoms with Gasteiger partial charge in [0.15, 0.2) is 0 Å². The number of aromatic nitrogens is 1. The summed E-state index contributed by atoms with van der Waals surface area (Å²) in [6.45, 7) is 0.821. The first kappa shape index (κ1) is 9.19. The van der Waals surface area contributed by atoms with Gasteiger partial charge in [-0.1, -0.05) is 6.42 Å². The van der Waals surface area contributed by atoms with Gasteiger partial charge in [-0.3, -0.25) is 9.78 Å². The van der Waals surface area contributed by atoms with Gasteiger partial charge in [0.05, 0.1) is 0 Å². The fraction of sp³-hybridized carbons (Fsp3) is 0.455. The van der Waals surface area contributed by atoms with E-state index < -0.39 is 0 Å². The molecule has 0 spiro atoms. The Balaban J connectivity index is 1.83. The molecule has 1 amide bonds. The van der Waals surface area contributed by atoms with E-state index in [1.54, 1.807) is 24.5 Å². The van der Waals surface area contributed by atoms with Crippen molar-refractivity contribution < 1.29 is 4.79 Å². The molecular formula is C11H14N2O. The maximum absolute atomic E-state index is 11.6. The first-order chi connectivity index (χ1) is 6.86. The van der Waals surface area contributed by atoms with E-state index in [0.29, 0.717) is 11.5 Å². The minimum atomic E-state index is 0.0132. The summed E-state index contributed by atoms with van der Waals surface area (Å²) >= 11 is 0. The van der Waals surface area contributed by atoms with Crippen molar-refractivity contribution in [2.24, 2.45) is 5.92 Å². The van der Waals surface area contributed by atoms with Crippen LogP contribution < -0.4 is 5.32 Å². The number of carbonyl (C=O) groups is 1. The van der Waals surface area contributed by atoms with Crippen molar-refractivity contribution >= 4 is 5.91 Å². The lowest BCUT2D eigenvalue weighted by Crippen LogP contribution is -2.32. The zero-order chi connectivity index (χ0) is 9.80. The van der Waals surface area contributed by atoms with Gasteiger partial charge in [-0.15, -0.1) is 0 Å². The van der Waals surface area contributed by atoms with E-state index in [2.05, 4.69) is 10.3 Å². The van der Waals surface area contributed by atoms with Crippen molar-refractivity contribution in [3.63, 3.8) is 0 Å². The highest BCUT2D eigenvalue weighted by atomic mass is 16.1. The third-order valence-electron chi connectivity index (χ3n) is 2.72. The molecule has 2 rings (SSSR count). The highest BCUT2D eigenvalue weighted by molar-refractivity contribution is 5.93. The summed E-state index contributed by atoms with van der Waals surface area (Å²) in [5.41, 5.74) is 0.694. The summed E-state index contributed by atoms with van der Waals surface area (Å²) in [6.07, 6.45) is 7.11. The molecule has 3 nitrogen and oxygen atoms in total. The fourth-order valence-corrected chi connectivity index (χ4v) is 1.54. The van der Waals surface area contributed by atoms with Gasteiger partial charge in [-0.05, 0) is 30.9 Å². The predicted octanol–water partition coefficient (Wildman–Crippen LogP) is 1.61. The molecule has 1 saturated carbocycles. The molecule has 74 valence electrons. The van der Waals surface area contributed by atoms with Gasteiger partial charge in [0.2, 0.25) is 0 Å². The molecule has 14 heavy (non-hydrogen) atoms. The smallest absolute Gasteiger partial charge is 0.251 e. The fourth-order valence-electron chi connectivity index (χ4n) is 1.54. The number of nitrogens with one attached hydrogen (secondary N) is 1. The Morgan fingerprint density at radius 2 is 2.14 bits per heavy atom. The Morgan fingerprint density at radius 3 is 2.71 bits per heavy atom. The van der Waals surface area contributed by atoms with Crippen LogP contribution in [0.15, 0.2) is 24.5 Å². The van der Waals surface area contributed by atoms with Gasteiger partial charge in [0.25, 0.3) is 5.91 Å². The van der Waals surface area contributed by atoms with Gasteiger partial charge in [-0.25, -0.2) is 0 Å². The van der Waals surface area contributed by atoms with Gasteiger partial charge in [0.1, 0.15) is 0 Å². The molecule has 3 heteroatoms. The van der Waals surface area contributed by atoms with Crippen molar-refractivity contribution in [1.82, 2.24) is 10.3 Å². The quantitative estimate of drug-likeness (QED) is 0.786. The van der Waals surface area contributed by atoms with Gasteiger partial charge in [-0.2, -0.15) is 0 Å². The monoisotopic (exact) mass is 190 g/mol. The van der Waals surface area contributed by atoms with Crippen molar-refractivity contribution in [1.29, 1.82) is 0 Å². The number of carbonyl (C=O) groups excluding carboxylic acids is 1. The van der Waals surface area contributed by atoms with E-state index in [1.165, 1.54) is 19.3 Å². The summed E-state index contributed by atoms with van der Waals surface area (Å²) in [6, 6.07) is 3.46. The Morgan fingerprint density at radius 1 is 1.43 bits per heavy atom. The minimum Gasteiger partial charge on any atom is -0.352 e. The van der Waals surface area contributed by atoms with Crippen LogP contribution in [0.1, 0.15) is 29.6 Å². The SMILES string of the molecule is O=C(NCC1CCC1)c1ccncc1. The third-order valence-corrected chi connectivity index (χ3v) is 2.72. The van der Waals surface area contributed by atoms with E-state index in [1.807, 2.05) is 0 Å². The summed E-state index contributed by atoms with van der Waals surface area (Å²) in [5.74, 6) is 0.722. The zero-order valence-electron chi connectivity index (χ0n) is 8.07. The van der Waals surface area contributed by atoms with Crippen LogP contribution in [0.4, 0.5) is 0 Å². The highest BCUT2D eigenvalue weighted by Gasteiger charge is 2.17. The lowest BCUT2D eigenvalue weighted by molar-refractivity contribution is 0.0939. The third kappa shape index (κ3) is 2.10. The van der Waals surface area contributed by atoms with E-state index >= 15 is 0 Å². The van der Waals surface area contributed by atoms with Crippen LogP contribution in [-0.4, -0.2) is 17.4 Å². The van der Waals surface area contributed by atoms with Crippen LogP contribution in [-0.2, 0) is 0 Å². The number of hydrogen-bond acceptors (Lipinski definition) is 2. The van der Waals surface area contributed by atoms with Crippen LogP contribution in [0.2, 0.25) is 0 Å². The first-order valence-electron chi connectivity index (χ1n) is 5.04. The first-order valence-corrected chi connectivity index (χ1v) is 5.04. The molecule has 1 heterocycles. The van der Waals surface area contributed by atoms with Crippen LogP contribution >= 0.6 is 0 Å². The lowest BCUT2D eigenvalue weighted by atomic mass is 9.85. The van der Waals surface area contributed by atoms with Crippen molar-refractivity contribution in [2.45, 2.75) is 19.3 Å². The second kappa shape index (κ2) is 4.22. The molecule has 1 aliphatic rings. The highest BCUT2D eigenvalue weighted by Crippen LogP contribution is 2.25. The maximum Gasteiger partial charge on any atom is 0.251 e. The van der Waals surface area contributed by atoms with Gasteiger partial charge in [0, 0.05) is 24.5 Å². The van der Waals surface area contributed by atoms with Crippen molar-refractivity contribution in [2.75, 3.05) is 6.54 Å². The number of nitrogens with zero attached hydrogens (tertiary/aromatic N) is 1. The molecular weight excluding hydrogens is 176 g/mol. The van der Waals surface area contributed by atoms with Crippen LogP contribution in [0.25, 0.3) is 0 Å². The molecule has 0 aliphatic heterocycles. The Kier molecular flexibility index (Phi) is 2.77. The second-order valence-corrected chi connectivity index (χ2v) is 3.74. The maximum atomic E-state index is 11.6. The van der Waals surface area contributed by atoms with E-state index in [-0.39, 0.29) is 5.91 Å². The molecule has 1 aliphatic carbocycles. The number of pyridine rings is 1. The lowest BCUT2D eigenvalue weighted by Gasteiger charge is -2.25. The van der Waals surface area contributed by atoms with E-state index in [0.717, 1.165) is 6.54 Å². The Bertz CT molecular complexity index is 306. The summed E-state index contributed by atoms with van der Waals surface area (Å²) in [7, 11) is 0. The average molecular weight is 190 g/mol. The minimum absolute atomic E-state index is 0.0132. The summed E-state index contributed by atoms with van der Waals surface area (Å²) < 4.78 is 0. The molecule has 1 aromatic rings. The van der Waals surface area contributed by atoms with Gasteiger partial charge >= 0.3 is 0 Å². The molecule has 1 N–H and O–H groups in total. The number of rotatable bonds is 3. The molecule has 0 radical (unpaired) electrons. The zero-order valence-corrected chi connectivity index (χ0v) is 8.07. The molecule has 0 atom stereocenters. The van der Waals surface area contributed by atoms with E-state index in [4.69, 9.17) is 0 Å². The summed E-state index contributed by atoms with van der Waals surface area (Å²) in [5, 5.41) is 2.93. The largest absolute Gasteiger partial charge is 0.352 e. The number of hydrogen-bond donors (Lipinski definition) is 1.